The van der Waals surface area contributed by atoms with Crippen LogP contribution in [-0.4, -0.2) is 64.5 Å². The van der Waals surface area contributed by atoms with E-state index in [4.69, 9.17) is 16.3 Å². The fourth-order valence-electron chi connectivity index (χ4n) is 3.90. The van der Waals surface area contributed by atoms with Gasteiger partial charge in [0.15, 0.2) is 0 Å². The number of benzene rings is 1. The third-order valence-electron chi connectivity index (χ3n) is 6.09. The summed E-state index contributed by atoms with van der Waals surface area (Å²) in [5.41, 5.74) is 0.211. The fourth-order valence-corrected chi connectivity index (χ4v) is 4.00. The Morgan fingerprint density at radius 3 is 2.52 bits per heavy atom. The summed E-state index contributed by atoms with van der Waals surface area (Å²) in [6, 6.07) is 5.33. The molecule has 180 valence electrons. The number of aliphatic hydroxyl groups is 2. The molecule has 0 unspecified atom stereocenters. The number of nitrogens with one attached hydrogen (secondary N) is 1. The second-order valence-electron chi connectivity index (χ2n) is 8.93. The molecule has 0 spiro atoms. The summed E-state index contributed by atoms with van der Waals surface area (Å²) in [4.78, 5) is 23.3. The smallest absolute Gasteiger partial charge is 0.252 e. The van der Waals surface area contributed by atoms with Crippen molar-refractivity contribution in [2.24, 2.45) is 5.92 Å². The van der Waals surface area contributed by atoms with Crippen molar-refractivity contribution >= 4 is 23.5 Å². The van der Waals surface area contributed by atoms with Gasteiger partial charge in [0.25, 0.3) is 5.91 Å². The Bertz CT molecular complexity index is 913. The van der Waals surface area contributed by atoms with Gasteiger partial charge in [0.2, 0.25) is 5.95 Å². The van der Waals surface area contributed by atoms with Gasteiger partial charge >= 0.3 is 0 Å². The topological polar surface area (TPSA) is 108 Å². The van der Waals surface area contributed by atoms with E-state index in [2.05, 4.69) is 20.2 Å². The number of halogens is 1. The molecule has 0 bridgehead atoms. The number of hydrogen-bond donors (Lipinski definition) is 3. The molecule has 1 amide bonds. The van der Waals surface area contributed by atoms with Crippen LogP contribution in [0.15, 0.2) is 30.6 Å². The van der Waals surface area contributed by atoms with Crippen LogP contribution >= 0.6 is 11.6 Å². The SMILES string of the molecule is Cc1cc(OCCCC2CCN(c3ncc(Cl)cn3)CC2)ccc1C(=O)NC(C)(CO)CO. The average molecular weight is 477 g/mol. The Hall–Kier alpha value is -2.42. The maximum atomic E-state index is 12.5. The van der Waals surface area contributed by atoms with Crippen LogP contribution in [-0.2, 0) is 0 Å². The molecule has 2 heterocycles. The third kappa shape index (κ3) is 7.03. The second kappa shape index (κ2) is 11.6. The van der Waals surface area contributed by atoms with E-state index >= 15 is 0 Å². The number of amides is 1. The molecule has 3 N–H and O–H groups in total. The standard InChI is InChI=1S/C24H33ClN4O4/c1-17-12-20(5-6-21(17)22(32)28-24(2,15-30)16-31)33-11-3-4-18-7-9-29(10-8-18)23-26-13-19(25)14-27-23/h5-6,12-14,18,30-31H,3-4,7-11,15-16H2,1-2H3,(H,28,32). The third-order valence-corrected chi connectivity index (χ3v) is 6.28. The zero-order valence-corrected chi connectivity index (χ0v) is 20.0. The first-order valence-electron chi connectivity index (χ1n) is 11.3. The van der Waals surface area contributed by atoms with Crippen molar-refractivity contribution in [2.45, 2.75) is 45.1 Å². The molecular weight excluding hydrogens is 444 g/mol. The van der Waals surface area contributed by atoms with E-state index in [9.17, 15) is 15.0 Å². The predicted molar refractivity (Wildman–Crippen MR) is 128 cm³/mol. The first kappa shape index (κ1) is 25.2. The Morgan fingerprint density at radius 2 is 1.91 bits per heavy atom. The van der Waals surface area contributed by atoms with Gasteiger partial charge in [0, 0.05) is 18.7 Å². The molecule has 1 aromatic heterocycles. The van der Waals surface area contributed by atoms with E-state index in [1.165, 1.54) is 0 Å². The minimum absolute atomic E-state index is 0.333. The average Bonchev–Trinajstić information content (AvgIpc) is 2.82. The van der Waals surface area contributed by atoms with Gasteiger partial charge < -0.3 is 25.2 Å². The van der Waals surface area contributed by atoms with Gasteiger partial charge in [-0.05, 0) is 69.2 Å². The summed E-state index contributed by atoms with van der Waals surface area (Å²) in [6.07, 6.45) is 7.56. The molecule has 2 aromatic rings. The summed E-state index contributed by atoms with van der Waals surface area (Å²) in [6.45, 7) is 5.26. The number of nitrogens with zero attached hydrogens (tertiary/aromatic N) is 3. The van der Waals surface area contributed by atoms with Gasteiger partial charge in [-0.15, -0.1) is 0 Å². The number of aromatic nitrogens is 2. The minimum Gasteiger partial charge on any atom is -0.494 e. The quantitative estimate of drug-likeness (QED) is 0.452. The molecule has 0 radical (unpaired) electrons. The normalized spacial score (nSPS) is 14.9. The van der Waals surface area contributed by atoms with Crippen LogP contribution < -0.4 is 15.0 Å². The van der Waals surface area contributed by atoms with E-state index in [0.717, 1.165) is 56.0 Å². The van der Waals surface area contributed by atoms with E-state index < -0.39 is 5.54 Å². The van der Waals surface area contributed by atoms with Crippen LogP contribution in [0.2, 0.25) is 5.02 Å². The highest BCUT2D eigenvalue weighted by molar-refractivity contribution is 6.30. The highest BCUT2D eigenvalue weighted by atomic mass is 35.5. The lowest BCUT2D eigenvalue weighted by atomic mass is 9.92. The predicted octanol–water partition coefficient (Wildman–Crippen LogP) is 2.99. The number of anilines is 1. The van der Waals surface area contributed by atoms with Crippen molar-refractivity contribution < 1.29 is 19.7 Å². The van der Waals surface area contributed by atoms with Crippen LogP contribution in [0.4, 0.5) is 5.95 Å². The highest BCUT2D eigenvalue weighted by Crippen LogP contribution is 2.25. The largest absolute Gasteiger partial charge is 0.494 e. The van der Waals surface area contributed by atoms with Gasteiger partial charge in [0.05, 0.1) is 42.8 Å². The van der Waals surface area contributed by atoms with Gasteiger partial charge in [-0.3, -0.25) is 4.79 Å². The van der Waals surface area contributed by atoms with Crippen molar-refractivity contribution in [3.63, 3.8) is 0 Å². The summed E-state index contributed by atoms with van der Waals surface area (Å²) >= 11 is 5.86. The maximum Gasteiger partial charge on any atom is 0.252 e. The van der Waals surface area contributed by atoms with Crippen molar-refractivity contribution in [1.82, 2.24) is 15.3 Å². The molecule has 0 aliphatic carbocycles. The zero-order chi connectivity index (χ0) is 23.8. The van der Waals surface area contributed by atoms with E-state index in [0.29, 0.717) is 23.1 Å². The van der Waals surface area contributed by atoms with Crippen LogP contribution in [0.3, 0.4) is 0 Å². The number of hydrogen-bond acceptors (Lipinski definition) is 7. The molecule has 9 heteroatoms. The lowest BCUT2D eigenvalue weighted by Crippen LogP contribution is -2.51. The minimum atomic E-state index is -1.06. The number of ether oxygens (including phenoxy) is 1. The monoisotopic (exact) mass is 476 g/mol. The number of rotatable bonds is 10. The molecule has 1 aliphatic rings. The summed E-state index contributed by atoms with van der Waals surface area (Å²) in [5, 5.41) is 22.0. The van der Waals surface area contributed by atoms with Crippen LogP contribution in [0.25, 0.3) is 0 Å². The van der Waals surface area contributed by atoms with Gasteiger partial charge in [-0.2, -0.15) is 0 Å². The van der Waals surface area contributed by atoms with Gasteiger partial charge in [0.1, 0.15) is 5.75 Å². The summed E-state index contributed by atoms with van der Waals surface area (Å²) < 4.78 is 5.90. The van der Waals surface area contributed by atoms with Crippen LogP contribution in [0, 0.1) is 12.8 Å². The zero-order valence-electron chi connectivity index (χ0n) is 19.3. The van der Waals surface area contributed by atoms with Crippen molar-refractivity contribution in [3.8, 4) is 5.75 Å². The number of carbonyl (C=O) groups excluding carboxylic acids is 1. The molecule has 0 saturated carbocycles. The summed E-state index contributed by atoms with van der Waals surface area (Å²) in [7, 11) is 0. The molecule has 1 fully saturated rings. The van der Waals surface area contributed by atoms with Crippen molar-refractivity contribution in [3.05, 3.63) is 46.7 Å². The molecule has 33 heavy (non-hydrogen) atoms. The Balaban J connectivity index is 1.40. The molecule has 8 nitrogen and oxygen atoms in total. The molecule has 1 aliphatic heterocycles. The second-order valence-corrected chi connectivity index (χ2v) is 9.37. The fraction of sp³-hybridized carbons (Fsp3) is 0.542. The number of piperidine rings is 1. The Morgan fingerprint density at radius 1 is 1.24 bits per heavy atom. The maximum absolute atomic E-state index is 12.5. The highest BCUT2D eigenvalue weighted by Gasteiger charge is 2.26. The summed E-state index contributed by atoms with van der Waals surface area (Å²) in [5.74, 6) is 1.80. The van der Waals surface area contributed by atoms with E-state index in [-0.39, 0.29) is 19.1 Å². The lowest BCUT2D eigenvalue weighted by Gasteiger charge is -2.32. The Labute approximate surface area is 200 Å². The number of aliphatic hydroxyl groups excluding tert-OH is 2. The van der Waals surface area contributed by atoms with E-state index in [1.807, 2.05) is 13.0 Å². The van der Waals surface area contributed by atoms with Gasteiger partial charge in [-0.1, -0.05) is 11.6 Å². The molecule has 3 rings (SSSR count). The molecule has 1 saturated heterocycles. The Kier molecular flexibility index (Phi) is 8.88. The van der Waals surface area contributed by atoms with Crippen LogP contribution in [0.5, 0.6) is 5.75 Å². The molecule has 1 aromatic carbocycles. The molecular formula is C24H33ClN4O4. The van der Waals surface area contributed by atoms with E-state index in [1.54, 1.807) is 31.5 Å². The first-order chi connectivity index (χ1) is 15.8. The van der Waals surface area contributed by atoms with Crippen molar-refractivity contribution in [2.75, 3.05) is 37.8 Å². The van der Waals surface area contributed by atoms with Gasteiger partial charge in [-0.25, -0.2) is 9.97 Å². The lowest BCUT2D eigenvalue weighted by molar-refractivity contribution is 0.0723. The number of carbonyl (C=O) groups is 1. The van der Waals surface area contributed by atoms with Crippen molar-refractivity contribution in [1.29, 1.82) is 0 Å². The first-order valence-corrected chi connectivity index (χ1v) is 11.7. The number of aryl methyl sites for hydroxylation is 1. The van der Waals surface area contributed by atoms with Crippen LogP contribution in [0.1, 0.15) is 48.5 Å². The molecule has 0 atom stereocenters.